The number of aromatic amines is 1. The number of H-pyrrole nitrogens is 1. The molecule has 1 amide bonds. The molecule has 36 heavy (non-hydrogen) atoms. The van der Waals surface area contributed by atoms with Crippen LogP contribution in [0.4, 0.5) is 5.69 Å². The predicted octanol–water partition coefficient (Wildman–Crippen LogP) is 4.15. The van der Waals surface area contributed by atoms with Crippen molar-refractivity contribution in [2.24, 2.45) is 0 Å². The molecular weight excluding hydrogens is 507 g/mol. The molecule has 6 rings (SSSR count). The Kier molecular flexibility index (Phi) is 6.08. The van der Waals surface area contributed by atoms with E-state index in [-0.39, 0.29) is 5.91 Å². The molecule has 6 heteroatoms. The number of anilines is 1. The summed E-state index contributed by atoms with van der Waals surface area (Å²) in [7, 11) is 0. The molecule has 0 bridgehead atoms. The molecule has 1 aliphatic rings. The number of carbonyl (C=O) groups excluding carboxylic acids is 1. The third-order valence-electron chi connectivity index (χ3n) is 6.86. The van der Waals surface area contributed by atoms with Gasteiger partial charge in [0.05, 0.1) is 0 Å². The number of hydrogen-bond acceptors (Lipinski definition) is 3. The van der Waals surface area contributed by atoms with Gasteiger partial charge in [-0.1, -0.05) is 24.3 Å². The van der Waals surface area contributed by atoms with Crippen LogP contribution in [-0.4, -0.2) is 50.7 Å². The SMILES string of the molecule is O=C(c1cccc2ccccc12)N1CCN(Cc2c[nH]cn2)c2ccc(-c3cccc([AsH2])c3)cc2C1. The van der Waals surface area contributed by atoms with Crippen molar-refractivity contribution in [2.75, 3.05) is 18.0 Å². The minimum atomic E-state index is 0.0722. The number of rotatable bonds is 4. The first-order valence-corrected chi connectivity index (χ1v) is 13.4. The zero-order chi connectivity index (χ0) is 24.5. The Morgan fingerprint density at radius 3 is 2.61 bits per heavy atom. The fourth-order valence-corrected chi connectivity index (χ4v) is 5.67. The monoisotopic (exact) mass is 534 g/mol. The first-order valence-electron chi connectivity index (χ1n) is 12.1. The summed E-state index contributed by atoms with van der Waals surface area (Å²) < 4.78 is 1.29. The third-order valence-corrected chi connectivity index (χ3v) is 7.61. The van der Waals surface area contributed by atoms with Gasteiger partial charge in [0.25, 0.3) is 0 Å². The van der Waals surface area contributed by atoms with E-state index in [9.17, 15) is 4.79 Å². The van der Waals surface area contributed by atoms with Crippen molar-refractivity contribution in [1.82, 2.24) is 14.9 Å². The van der Waals surface area contributed by atoms with Gasteiger partial charge in [-0.15, -0.1) is 0 Å². The van der Waals surface area contributed by atoms with Gasteiger partial charge in [-0.3, -0.25) is 0 Å². The number of nitrogens with one attached hydrogen (secondary N) is 1. The number of nitrogens with zero attached hydrogens (tertiary/aromatic N) is 3. The topological polar surface area (TPSA) is 52.2 Å². The summed E-state index contributed by atoms with van der Waals surface area (Å²) in [5.74, 6) is 0.0722. The van der Waals surface area contributed by atoms with Crippen LogP contribution in [0.15, 0.2) is 97.5 Å². The molecule has 1 aliphatic heterocycles. The average Bonchev–Trinajstić information content (AvgIpc) is 3.36. The summed E-state index contributed by atoms with van der Waals surface area (Å²) in [6, 6.07) is 29.4. The van der Waals surface area contributed by atoms with Crippen molar-refractivity contribution in [3.63, 3.8) is 0 Å². The maximum atomic E-state index is 13.9. The summed E-state index contributed by atoms with van der Waals surface area (Å²) in [5, 5.41) is 2.08. The molecule has 1 N–H and O–H groups in total. The standard InChI is InChI=1S/C30H27AsN4O/c31-25-8-3-7-22(16-25)23-11-12-29-24(15-23)18-35(14-13-34(29)19-26-17-32-20-33-26)30(36)28-10-4-6-21-5-1-2-9-27(21)28/h1-12,15-17,20H,13-14,18-19,31H2,(H,32,33). The molecule has 5 aromatic rings. The Hall–Kier alpha value is -3.82. The molecule has 2 heterocycles. The first-order chi connectivity index (χ1) is 17.7. The van der Waals surface area contributed by atoms with Crippen molar-refractivity contribution in [3.05, 3.63) is 114 Å². The van der Waals surface area contributed by atoms with E-state index in [4.69, 9.17) is 0 Å². The molecule has 4 aromatic carbocycles. The number of fused-ring (bicyclic) bond motifs is 2. The van der Waals surface area contributed by atoms with E-state index in [2.05, 4.69) is 69.5 Å². The molecule has 0 spiro atoms. The van der Waals surface area contributed by atoms with Crippen molar-refractivity contribution < 1.29 is 4.79 Å². The zero-order valence-corrected chi connectivity index (χ0v) is 22.3. The maximum absolute atomic E-state index is 13.9. The van der Waals surface area contributed by atoms with E-state index in [1.165, 1.54) is 15.5 Å². The Morgan fingerprint density at radius 2 is 1.75 bits per heavy atom. The third kappa shape index (κ3) is 4.43. The summed E-state index contributed by atoms with van der Waals surface area (Å²) in [5.41, 5.74) is 6.43. The Labute approximate surface area is 219 Å². The first kappa shape index (κ1) is 22.6. The van der Waals surface area contributed by atoms with Crippen molar-refractivity contribution in [3.8, 4) is 11.1 Å². The van der Waals surface area contributed by atoms with Crippen LogP contribution in [0.5, 0.6) is 0 Å². The second kappa shape index (κ2) is 9.67. The van der Waals surface area contributed by atoms with Gasteiger partial charge in [-0.2, -0.15) is 0 Å². The van der Waals surface area contributed by atoms with Gasteiger partial charge < -0.3 is 0 Å². The van der Waals surface area contributed by atoms with E-state index in [0.717, 1.165) is 39.8 Å². The quantitative estimate of drug-likeness (QED) is 0.353. The van der Waals surface area contributed by atoms with Gasteiger partial charge in [-0.05, 0) is 0 Å². The summed E-state index contributed by atoms with van der Waals surface area (Å²) in [6.45, 7) is 2.64. The Morgan fingerprint density at radius 1 is 0.917 bits per heavy atom. The molecule has 1 aromatic heterocycles. The van der Waals surface area contributed by atoms with Crippen LogP contribution in [0.2, 0.25) is 0 Å². The molecule has 0 saturated heterocycles. The summed E-state index contributed by atoms with van der Waals surface area (Å²) in [4.78, 5) is 25.7. The number of amides is 1. The van der Waals surface area contributed by atoms with Crippen LogP contribution in [-0.2, 0) is 13.1 Å². The molecule has 1 unspecified atom stereocenters. The number of carbonyl (C=O) groups is 1. The molecule has 0 fully saturated rings. The second-order valence-corrected chi connectivity index (χ2v) is 10.6. The molecule has 0 aliphatic carbocycles. The van der Waals surface area contributed by atoms with E-state index < -0.39 is 0 Å². The van der Waals surface area contributed by atoms with Crippen LogP contribution in [0, 0.1) is 0 Å². The Bertz CT molecular complexity index is 1540. The summed E-state index contributed by atoms with van der Waals surface area (Å²) in [6.07, 6.45) is 3.65. The molecule has 0 saturated carbocycles. The van der Waals surface area contributed by atoms with E-state index in [1.807, 2.05) is 41.4 Å². The van der Waals surface area contributed by atoms with Crippen molar-refractivity contribution >= 4 is 43.6 Å². The van der Waals surface area contributed by atoms with Crippen LogP contribution < -0.4 is 9.25 Å². The number of aromatic nitrogens is 2. The van der Waals surface area contributed by atoms with Gasteiger partial charge in [0.2, 0.25) is 0 Å². The normalized spacial score (nSPS) is 13.5. The van der Waals surface area contributed by atoms with Crippen LogP contribution >= 0.6 is 0 Å². The van der Waals surface area contributed by atoms with Gasteiger partial charge >= 0.3 is 195 Å². The molecule has 5 nitrogen and oxygen atoms in total. The van der Waals surface area contributed by atoms with Gasteiger partial charge in [-0.25, -0.2) is 0 Å². The van der Waals surface area contributed by atoms with Crippen LogP contribution in [0.3, 0.4) is 0 Å². The van der Waals surface area contributed by atoms with Gasteiger partial charge in [0.1, 0.15) is 0 Å². The second-order valence-electron chi connectivity index (χ2n) is 9.20. The van der Waals surface area contributed by atoms with Crippen molar-refractivity contribution in [1.29, 1.82) is 0 Å². The molecule has 1 atom stereocenters. The number of benzene rings is 4. The zero-order valence-electron chi connectivity index (χ0n) is 19.9. The molecular formula is C30H27AsN4O. The number of imidazole rings is 1. The predicted molar refractivity (Wildman–Crippen MR) is 148 cm³/mol. The minimum absolute atomic E-state index is 0.0722. The van der Waals surface area contributed by atoms with Crippen molar-refractivity contribution in [2.45, 2.75) is 13.1 Å². The Balaban J connectivity index is 1.40. The van der Waals surface area contributed by atoms with Gasteiger partial charge in [0.15, 0.2) is 0 Å². The molecule has 0 radical (unpaired) electrons. The summed E-state index contributed by atoms with van der Waals surface area (Å²) >= 11 is 1.62. The fourth-order valence-electron chi connectivity index (χ4n) is 5.06. The number of hydrogen-bond donors (Lipinski definition) is 1. The van der Waals surface area contributed by atoms with E-state index in [1.54, 1.807) is 23.2 Å². The fraction of sp³-hybridized carbons (Fsp3) is 0.133. The van der Waals surface area contributed by atoms with Gasteiger partial charge in [0, 0.05) is 0 Å². The van der Waals surface area contributed by atoms with E-state index in [0.29, 0.717) is 19.6 Å². The molecule has 178 valence electrons. The van der Waals surface area contributed by atoms with Crippen LogP contribution in [0.1, 0.15) is 21.6 Å². The van der Waals surface area contributed by atoms with Crippen LogP contribution in [0.25, 0.3) is 21.9 Å². The van der Waals surface area contributed by atoms with E-state index >= 15 is 0 Å². The average molecular weight is 534 g/mol.